The molecule has 19 heavy (non-hydrogen) atoms. The molecule has 8 heteroatoms. The third-order valence-electron chi connectivity index (χ3n) is 3.05. The molecule has 0 aromatic carbocycles. The first-order chi connectivity index (χ1) is 8.99. The maximum absolute atomic E-state index is 12.1. The van der Waals surface area contributed by atoms with Gasteiger partial charge in [-0.1, -0.05) is 0 Å². The van der Waals surface area contributed by atoms with Crippen LogP contribution in [0, 0.1) is 0 Å². The molecule has 0 bridgehead atoms. The van der Waals surface area contributed by atoms with Gasteiger partial charge < -0.3 is 4.74 Å². The summed E-state index contributed by atoms with van der Waals surface area (Å²) < 4.78 is 33.2. The molecule has 108 valence electrons. The molecule has 2 heterocycles. The number of hydrogen-bond acceptors (Lipinski definition) is 5. The van der Waals surface area contributed by atoms with Crippen molar-refractivity contribution < 1.29 is 13.2 Å². The van der Waals surface area contributed by atoms with Crippen LogP contribution < -0.4 is 4.72 Å². The Morgan fingerprint density at radius 3 is 2.74 bits per heavy atom. The van der Waals surface area contributed by atoms with E-state index in [4.69, 9.17) is 4.74 Å². The molecule has 0 spiro atoms. The number of halogens is 1. The monoisotopic (exact) mass is 368 g/mol. The third-order valence-corrected chi connectivity index (χ3v) is 6.59. The van der Waals surface area contributed by atoms with Gasteiger partial charge >= 0.3 is 0 Å². The maximum atomic E-state index is 12.1. The smallest absolute Gasteiger partial charge is 0.250 e. The van der Waals surface area contributed by atoms with Gasteiger partial charge in [0.25, 0.3) is 0 Å². The normalized spacial score (nSPS) is 19.5. The van der Waals surface area contributed by atoms with Crippen molar-refractivity contribution in [1.82, 2.24) is 9.62 Å². The fraction of sp³-hybridized carbons (Fsp3) is 0.636. The first-order valence-corrected chi connectivity index (χ1v) is 9.15. The van der Waals surface area contributed by atoms with Crippen molar-refractivity contribution >= 4 is 37.3 Å². The van der Waals surface area contributed by atoms with Crippen molar-refractivity contribution in [3.05, 3.63) is 15.9 Å². The first-order valence-electron chi connectivity index (χ1n) is 6.06. The summed E-state index contributed by atoms with van der Waals surface area (Å²) in [4.78, 5) is 2.23. The zero-order valence-corrected chi connectivity index (χ0v) is 13.9. The van der Waals surface area contributed by atoms with E-state index in [-0.39, 0.29) is 6.04 Å². The highest BCUT2D eigenvalue weighted by Gasteiger charge is 2.21. The highest BCUT2D eigenvalue weighted by Crippen LogP contribution is 2.25. The number of nitrogens with zero attached hydrogens (tertiary/aromatic N) is 1. The summed E-state index contributed by atoms with van der Waals surface area (Å²) >= 11 is 4.49. The fourth-order valence-electron chi connectivity index (χ4n) is 1.89. The Morgan fingerprint density at radius 2 is 2.16 bits per heavy atom. The lowest BCUT2D eigenvalue weighted by Crippen LogP contribution is -2.47. The number of morpholine rings is 1. The molecule has 1 aromatic rings. The topological polar surface area (TPSA) is 58.6 Å². The third kappa shape index (κ3) is 4.24. The number of thiophene rings is 1. The molecule has 5 nitrogen and oxygen atoms in total. The van der Waals surface area contributed by atoms with E-state index in [9.17, 15) is 8.42 Å². The van der Waals surface area contributed by atoms with Gasteiger partial charge in [0, 0.05) is 25.7 Å². The second kappa shape index (κ2) is 6.64. The van der Waals surface area contributed by atoms with E-state index in [0.29, 0.717) is 10.8 Å². The van der Waals surface area contributed by atoms with Crippen LogP contribution in [0.4, 0.5) is 0 Å². The van der Waals surface area contributed by atoms with Gasteiger partial charge in [-0.3, -0.25) is 4.90 Å². The van der Waals surface area contributed by atoms with Crippen LogP contribution in [0.25, 0.3) is 0 Å². The summed E-state index contributed by atoms with van der Waals surface area (Å²) in [7, 11) is -3.39. The zero-order chi connectivity index (χ0) is 13.9. The van der Waals surface area contributed by atoms with Crippen LogP contribution >= 0.6 is 27.3 Å². The molecule has 0 saturated carbocycles. The molecule has 0 aliphatic carbocycles. The van der Waals surface area contributed by atoms with Crippen molar-refractivity contribution in [1.29, 1.82) is 0 Å². The average Bonchev–Trinajstić information content (AvgIpc) is 2.85. The van der Waals surface area contributed by atoms with Crippen LogP contribution in [-0.4, -0.2) is 52.2 Å². The summed E-state index contributed by atoms with van der Waals surface area (Å²) in [6, 6.07) is 3.52. The summed E-state index contributed by atoms with van der Waals surface area (Å²) in [6.45, 7) is 5.58. The minimum absolute atomic E-state index is 0.169. The first kappa shape index (κ1) is 15.4. The number of rotatable bonds is 5. The predicted molar refractivity (Wildman–Crippen MR) is 79.1 cm³/mol. The van der Waals surface area contributed by atoms with E-state index in [0.717, 1.165) is 30.1 Å². The van der Waals surface area contributed by atoms with Crippen molar-refractivity contribution in [2.45, 2.75) is 17.2 Å². The minimum atomic E-state index is -3.39. The summed E-state index contributed by atoms with van der Waals surface area (Å²) in [6.07, 6.45) is 0. The van der Waals surface area contributed by atoms with Crippen molar-refractivity contribution in [2.75, 3.05) is 32.8 Å². The second-order valence-electron chi connectivity index (χ2n) is 4.41. The Kier molecular flexibility index (Phi) is 5.38. The van der Waals surface area contributed by atoms with Gasteiger partial charge in [0.15, 0.2) is 0 Å². The molecule has 0 amide bonds. The van der Waals surface area contributed by atoms with E-state index in [2.05, 4.69) is 25.6 Å². The summed E-state index contributed by atoms with van der Waals surface area (Å²) in [5.74, 6) is 0. The van der Waals surface area contributed by atoms with Gasteiger partial charge in [-0.2, -0.15) is 0 Å². The van der Waals surface area contributed by atoms with E-state index in [1.165, 1.54) is 11.3 Å². The lowest BCUT2D eigenvalue weighted by Gasteiger charge is -2.32. The Labute approximate surface area is 126 Å². The second-order valence-corrected chi connectivity index (χ2v) is 8.86. The highest BCUT2D eigenvalue weighted by molar-refractivity contribution is 9.11. The Hall–Kier alpha value is 0.01000. The van der Waals surface area contributed by atoms with Gasteiger partial charge in [0.05, 0.1) is 17.0 Å². The number of ether oxygens (including phenoxy) is 1. The standard InChI is InChI=1S/C11H17BrN2O3S2/c1-9(14-4-6-17-7-5-14)8-13-19(15,16)11-3-2-10(12)18-11/h2-3,9,13H,4-8H2,1H3. The van der Waals surface area contributed by atoms with Crippen molar-refractivity contribution in [2.24, 2.45) is 0 Å². The van der Waals surface area contributed by atoms with E-state index < -0.39 is 10.0 Å². The van der Waals surface area contributed by atoms with Crippen LogP contribution in [0.15, 0.2) is 20.1 Å². The molecule has 1 unspecified atom stereocenters. The van der Waals surface area contributed by atoms with Crippen LogP contribution in [0.2, 0.25) is 0 Å². The van der Waals surface area contributed by atoms with Crippen LogP contribution in [-0.2, 0) is 14.8 Å². The number of hydrogen-bond donors (Lipinski definition) is 1. The van der Waals surface area contributed by atoms with E-state index in [1.807, 2.05) is 6.92 Å². The summed E-state index contributed by atoms with van der Waals surface area (Å²) in [5.41, 5.74) is 0. The van der Waals surface area contributed by atoms with Crippen molar-refractivity contribution in [3.63, 3.8) is 0 Å². The minimum Gasteiger partial charge on any atom is -0.379 e. The Morgan fingerprint density at radius 1 is 1.47 bits per heavy atom. The molecule has 0 radical (unpaired) electrons. The van der Waals surface area contributed by atoms with Gasteiger partial charge in [0.2, 0.25) is 10.0 Å². The number of nitrogens with one attached hydrogen (secondary N) is 1. The molecular formula is C11H17BrN2O3S2. The molecule has 1 saturated heterocycles. The molecule has 1 aliphatic heterocycles. The Bertz CT molecular complexity index is 512. The molecular weight excluding hydrogens is 352 g/mol. The van der Waals surface area contributed by atoms with Gasteiger partial charge in [0.1, 0.15) is 4.21 Å². The number of sulfonamides is 1. The molecule has 1 aromatic heterocycles. The van der Waals surface area contributed by atoms with Crippen LogP contribution in [0.5, 0.6) is 0 Å². The van der Waals surface area contributed by atoms with E-state index >= 15 is 0 Å². The van der Waals surface area contributed by atoms with Crippen molar-refractivity contribution in [3.8, 4) is 0 Å². The molecule has 1 fully saturated rings. The maximum Gasteiger partial charge on any atom is 0.250 e. The molecule has 2 rings (SSSR count). The SMILES string of the molecule is CC(CNS(=O)(=O)c1ccc(Br)s1)N1CCOCC1. The fourth-order valence-corrected chi connectivity index (χ4v) is 5.07. The van der Waals surface area contributed by atoms with Gasteiger partial charge in [-0.25, -0.2) is 13.1 Å². The zero-order valence-electron chi connectivity index (χ0n) is 10.6. The predicted octanol–water partition coefficient (Wildman–Crippen LogP) is 1.51. The van der Waals surface area contributed by atoms with Gasteiger partial charge in [-0.15, -0.1) is 11.3 Å². The highest BCUT2D eigenvalue weighted by atomic mass is 79.9. The van der Waals surface area contributed by atoms with Crippen LogP contribution in [0.3, 0.4) is 0 Å². The average molecular weight is 369 g/mol. The quantitative estimate of drug-likeness (QED) is 0.855. The van der Waals surface area contributed by atoms with E-state index in [1.54, 1.807) is 12.1 Å². The van der Waals surface area contributed by atoms with Crippen LogP contribution in [0.1, 0.15) is 6.92 Å². The molecule has 1 aliphatic rings. The Balaban J connectivity index is 1.90. The summed E-state index contributed by atoms with van der Waals surface area (Å²) in [5, 5.41) is 0. The van der Waals surface area contributed by atoms with Gasteiger partial charge in [-0.05, 0) is 35.0 Å². The lowest BCUT2D eigenvalue weighted by molar-refractivity contribution is 0.0213. The largest absolute Gasteiger partial charge is 0.379 e. The lowest BCUT2D eigenvalue weighted by atomic mass is 10.2. The molecule has 1 N–H and O–H groups in total. The molecule has 1 atom stereocenters.